The number of pyridine rings is 1. The normalized spacial score (nSPS) is 16.0. The van der Waals surface area contributed by atoms with E-state index in [0.717, 1.165) is 35.3 Å². The Morgan fingerprint density at radius 3 is 3.07 bits per heavy atom. The zero-order chi connectivity index (χ0) is 19.2. The summed E-state index contributed by atoms with van der Waals surface area (Å²) in [6.45, 7) is 4.26. The number of carbonyl (C=O) groups is 2. The Hall–Kier alpha value is -2.74. The van der Waals surface area contributed by atoms with Gasteiger partial charge in [0, 0.05) is 22.8 Å². The van der Waals surface area contributed by atoms with Crippen molar-refractivity contribution < 1.29 is 14.3 Å². The van der Waals surface area contributed by atoms with Gasteiger partial charge in [-0.05, 0) is 43.7 Å². The van der Waals surface area contributed by atoms with Crippen LogP contribution in [0.25, 0.3) is 0 Å². The molecule has 0 saturated heterocycles. The van der Waals surface area contributed by atoms with Gasteiger partial charge in [0.15, 0.2) is 0 Å². The van der Waals surface area contributed by atoms with Crippen LogP contribution in [0.15, 0.2) is 29.6 Å². The van der Waals surface area contributed by atoms with Crippen LogP contribution >= 0.6 is 11.3 Å². The topological polar surface area (TPSA) is 92.7 Å². The Bertz CT molecular complexity index is 848. The molecule has 2 N–H and O–H groups in total. The van der Waals surface area contributed by atoms with Gasteiger partial charge in [-0.25, -0.2) is 15.0 Å². The molecule has 142 valence electrons. The van der Waals surface area contributed by atoms with Gasteiger partial charge in [0.2, 0.25) is 0 Å². The Labute approximate surface area is 161 Å². The Morgan fingerprint density at radius 1 is 1.48 bits per heavy atom. The lowest BCUT2D eigenvalue weighted by Crippen LogP contribution is -2.25. The minimum atomic E-state index is -0.507. The van der Waals surface area contributed by atoms with Gasteiger partial charge in [0.1, 0.15) is 5.00 Å². The van der Waals surface area contributed by atoms with Crippen LogP contribution in [0.4, 0.5) is 9.80 Å². The molecule has 0 aromatic carbocycles. The molecule has 1 atom stereocenters. The number of hydrogen-bond donors (Lipinski definition) is 2. The fourth-order valence-corrected chi connectivity index (χ4v) is 4.40. The summed E-state index contributed by atoms with van der Waals surface area (Å²) in [5.41, 5.74) is 4.67. The van der Waals surface area contributed by atoms with Crippen molar-refractivity contribution in [1.29, 1.82) is 0 Å². The van der Waals surface area contributed by atoms with Crippen LogP contribution in [-0.2, 0) is 17.6 Å². The Kier molecular flexibility index (Phi) is 6.18. The number of amides is 2. The monoisotopic (exact) mass is 386 g/mol. The highest BCUT2D eigenvalue weighted by atomic mass is 32.1. The zero-order valence-corrected chi connectivity index (χ0v) is 16.1. The van der Waals surface area contributed by atoms with Crippen molar-refractivity contribution >= 4 is 34.6 Å². The molecule has 0 saturated carbocycles. The standard InChI is InChI=1S/C19H22N4O3S/c1-3-26-18(24)16-14-7-6-12(2)9-15(14)27-17(16)22-19(25)23-21-11-13-5-4-8-20-10-13/h4-5,8,10-12H,3,6-7,9H2,1-2H3,(H2,22,23,25)/b21-11+. The summed E-state index contributed by atoms with van der Waals surface area (Å²) in [5, 5.41) is 7.17. The summed E-state index contributed by atoms with van der Waals surface area (Å²) in [5.74, 6) is 0.177. The molecule has 0 spiro atoms. The van der Waals surface area contributed by atoms with Gasteiger partial charge in [-0.1, -0.05) is 13.0 Å². The number of fused-ring (bicyclic) bond motifs is 1. The van der Waals surface area contributed by atoms with Crippen molar-refractivity contribution in [1.82, 2.24) is 10.4 Å². The second-order valence-electron chi connectivity index (χ2n) is 6.39. The molecule has 2 aromatic rings. The van der Waals surface area contributed by atoms with Gasteiger partial charge < -0.3 is 4.74 Å². The first kappa shape index (κ1) is 19.0. The quantitative estimate of drug-likeness (QED) is 0.466. The Balaban J connectivity index is 1.74. The zero-order valence-electron chi connectivity index (χ0n) is 15.3. The van der Waals surface area contributed by atoms with Gasteiger partial charge in [-0.15, -0.1) is 11.3 Å². The Morgan fingerprint density at radius 2 is 2.33 bits per heavy atom. The van der Waals surface area contributed by atoms with Crippen molar-refractivity contribution in [2.45, 2.75) is 33.1 Å². The van der Waals surface area contributed by atoms with Crippen molar-refractivity contribution in [3.63, 3.8) is 0 Å². The number of hydrazone groups is 1. The molecule has 27 heavy (non-hydrogen) atoms. The number of urea groups is 1. The third-order valence-electron chi connectivity index (χ3n) is 4.28. The molecule has 0 fully saturated rings. The first-order chi connectivity index (χ1) is 13.1. The molecule has 1 aliphatic rings. The molecule has 0 aliphatic heterocycles. The predicted octanol–water partition coefficient (Wildman–Crippen LogP) is 3.60. The average molecular weight is 386 g/mol. The van der Waals surface area contributed by atoms with Crippen molar-refractivity contribution in [3.8, 4) is 0 Å². The fraction of sp³-hybridized carbons (Fsp3) is 0.368. The van der Waals surface area contributed by atoms with E-state index >= 15 is 0 Å². The van der Waals surface area contributed by atoms with E-state index in [9.17, 15) is 9.59 Å². The van der Waals surface area contributed by atoms with Crippen LogP contribution in [0.2, 0.25) is 0 Å². The van der Waals surface area contributed by atoms with Crippen molar-refractivity contribution in [2.75, 3.05) is 11.9 Å². The summed E-state index contributed by atoms with van der Waals surface area (Å²) in [4.78, 5) is 29.8. The third-order valence-corrected chi connectivity index (χ3v) is 5.45. The fourth-order valence-electron chi connectivity index (χ4n) is 3.01. The average Bonchev–Trinajstić information content (AvgIpc) is 2.99. The summed E-state index contributed by atoms with van der Waals surface area (Å²) in [7, 11) is 0. The second kappa shape index (κ2) is 8.77. The number of thiophene rings is 1. The molecule has 1 aliphatic carbocycles. The molecule has 3 rings (SSSR count). The highest BCUT2D eigenvalue weighted by Gasteiger charge is 2.29. The largest absolute Gasteiger partial charge is 0.462 e. The minimum absolute atomic E-state index is 0.293. The van der Waals surface area contributed by atoms with Crippen LogP contribution in [0.5, 0.6) is 0 Å². The number of hydrogen-bond acceptors (Lipinski definition) is 6. The highest BCUT2D eigenvalue weighted by molar-refractivity contribution is 7.17. The summed E-state index contributed by atoms with van der Waals surface area (Å²) < 4.78 is 5.20. The molecule has 1 unspecified atom stereocenters. The lowest BCUT2D eigenvalue weighted by molar-refractivity contribution is 0.0526. The highest BCUT2D eigenvalue weighted by Crippen LogP contribution is 2.40. The van der Waals surface area contributed by atoms with E-state index in [4.69, 9.17) is 4.74 Å². The summed E-state index contributed by atoms with van der Waals surface area (Å²) in [6.07, 6.45) is 7.56. The lowest BCUT2D eigenvalue weighted by Gasteiger charge is -2.18. The van der Waals surface area contributed by atoms with Crippen LogP contribution in [0, 0.1) is 5.92 Å². The molecule has 2 aromatic heterocycles. The van der Waals surface area contributed by atoms with E-state index in [1.807, 2.05) is 6.07 Å². The summed E-state index contributed by atoms with van der Waals surface area (Å²) >= 11 is 1.44. The van der Waals surface area contributed by atoms with Crippen LogP contribution in [0.1, 0.15) is 46.6 Å². The van der Waals surface area contributed by atoms with E-state index in [-0.39, 0.29) is 0 Å². The van der Waals surface area contributed by atoms with Crippen LogP contribution in [-0.4, -0.2) is 29.8 Å². The number of anilines is 1. The van der Waals surface area contributed by atoms with E-state index in [1.165, 1.54) is 17.6 Å². The van der Waals surface area contributed by atoms with Gasteiger partial charge in [0.05, 0.1) is 18.4 Å². The lowest BCUT2D eigenvalue weighted by atomic mass is 9.88. The molecule has 0 radical (unpaired) electrons. The molecule has 2 heterocycles. The molecule has 8 heteroatoms. The third kappa shape index (κ3) is 4.71. The molecule has 0 bridgehead atoms. The molecule has 7 nitrogen and oxygen atoms in total. The number of carbonyl (C=O) groups excluding carboxylic acids is 2. The van der Waals surface area contributed by atoms with Gasteiger partial charge in [0.25, 0.3) is 0 Å². The van der Waals surface area contributed by atoms with Crippen molar-refractivity contribution in [2.24, 2.45) is 11.0 Å². The number of ether oxygens (including phenoxy) is 1. The number of rotatable bonds is 5. The van der Waals surface area contributed by atoms with Gasteiger partial charge in [-0.2, -0.15) is 5.10 Å². The number of esters is 1. The van der Waals surface area contributed by atoms with Gasteiger partial charge >= 0.3 is 12.0 Å². The SMILES string of the molecule is CCOC(=O)c1c(NC(=O)N/N=C/c2cccnc2)sc2c1CCC(C)C2. The minimum Gasteiger partial charge on any atom is -0.462 e. The molecule has 2 amide bonds. The van der Waals surface area contributed by atoms with E-state index in [0.29, 0.717) is 23.1 Å². The summed E-state index contributed by atoms with van der Waals surface area (Å²) in [6, 6.07) is 3.10. The predicted molar refractivity (Wildman–Crippen MR) is 105 cm³/mol. The van der Waals surface area contributed by atoms with Crippen LogP contribution in [0.3, 0.4) is 0 Å². The maximum atomic E-state index is 12.4. The first-order valence-electron chi connectivity index (χ1n) is 8.90. The van der Waals surface area contributed by atoms with E-state index < -0.39 is 12.0 Å². The van der Waals surface area contributed by atoms with Crippen LogP contribution < -0.4 is 10.7 Å². The number of nitrogens with zero attached hydrogens (tertiary/aromatic N) is 2. The number of aromatic nitrogens is 1. The molecular weight excluding hydrogens is 364 g/mol. The molecular formula is C19H22N4O3S. The number of nitrogens with one attached hydrogen (secondary N) is 2. The van der Waals surface area contributed by atoms with Crippen molar-refractivity contribution in [3.05, 3.63) is 46.1 Å². The van der Waals surface area contributed by atoms with E-state index in [2.05, 4.69) is 27.8 Å². The smallest absolute Gasteiger partial charge is 0.341 e. The van der Waals surface area contributed by atoms with Gasteiger partial charge in [-0.3, -0.25) is 10.3 Å². The second-order valence-corrected chi connectivity index (χ2v) is 7.49. The maximum Gasteiger partial charge on any atom is 0.341 e. The first-order valence-corrected chi connectivity index (χ1v) is 9.71. The maximum absolute atomic E-state index is 12.4. The van der Waals surface area contributed by atoms with E-state index in [1.54, 1.807) is 25.4 Å².